The molecule has 0 aliphatic rings. The highest BCUT2D eigenvalue weighted by Crippen LogP contribution is 2.12. The molecule has 0 bridgehead atoms. The van der Waals surface area contributed by atoms with Crippen molar-refractivity contribution in [3.8, 4) is 0 Å². The molecule has 0 unspecified atom stereocenters. The van der Waals surface area contributed by atoms with E-state index < -0.39 is 6.29 Å². The van der Waals surface area contributed by atoms with Crippen molar-refractivity contribution in [2.75, 3.05) is 19.6 Å². The molecule has 0 heterocycles. The fourth-order valence-electron chi connectivity index (χ4n) is 3.82. The first-order valence-corrected chi connectivity index (χ1v) is 12.3. The summed E-state index contributed by atoms with van der Waals surface area (Å²) in [5.74, 6) is 0. The van der Waals surface area contributed by atoms with E-state index in [-0.39, 0.29) is 0 Å². The molecular formula is C24H51NO2. The SMILES string of the molecule is CCCCCCCCCCCN(CCCCCCCCCCC)CC(O)O. The highest BCUT2D eigenvalue weighted by Gasteiger charge is 2.08. The number of aliphatic hydroxyl groups is 2. The number of unbranched alkanes of at least 4 members (excludes halogenated alkanes) is 16. The van der Waals surface area contributed by atoms with E-state index in [4.69, 9.17) is 0 Å². The van der Waals surface area contributed by atoms with Crippen molar-refractivity contribution in [2.24, 2.45) is 0 Å². The summed E-state index contributed by atoms with van der Waals surface area (Å²) in [6.07, 6.45) is 22.9. The van der Waals surface area contributed by atoms with Gasteiger partial charge in [0.2, 0.25) is 0 Å². The Kier molecular flexibility index (Phi) is 22.1. The zero-order chi connectivity index (χ0) is 20.0. The summed E-state index contributed by atoms with van der Waals surface area (Å²) in [5.41, 5.74) is 0. The summed E-state index contributed by atoms with van der Waals surface area (Å²) < 4.78 is 0. The van der Waals surface area contributed by atoms with Gasteiger partial charge in [0.1, 0.15) is 0 Å². The van der Waals surface area contributed by atoms with Crippen molar-refractivity contribution < 1.29 is 10.2 Å². The van der Waals surface area contributed by atoms with E-state index in [9.17, 15) is 10.2 Å². The Labute approximate surface area is 170 Å². The molecule has 0 aromatic heterocycles. The number of nitrogens with zero attached hydrogens (tertiary/aromatic N) is 1. The summed E-state index contributed by atoms with van der Waals surface area (Å²) >= 11 is 0. The van der Waals surface area contributed by atoms with Gasteiger partial charge in [0, 0.05) is 6.54 Å². The number of hydrogen-bond acceptors (Lipinski definition) is 3. The Morgan fingerprint density at radius 3 is 1.07 bits per heavy atom. The first-order valence-electron chi connectivity index (χ1n) is 12.3. The molecule has 0 atom stereocenters. The summed E-state index contributed by atoms with van der Waals surface area (Å²) in [5, 5.41) is 18.6. The lowest BCUT2D eigenvalue weighted by Crippen LogP contribution is -2.34. The second-order valence-corrected chi connectivity index (χ2v) is 8.44. The summed E-state index contributed by atoms with van der Waals surface area (Å²) in [7, 11) is 0. The second kappa shape index (κ2) is 22.2. The molecule has 2 N–H and O–H groups in total. The quantitative estimate of drug-likeness (QED) is 0.162. The summed E-state index contributed by atoms with van der Waals surface area (Å²) in [6.45, 7) is 6.98. The van der Waals surface area contributed by atoms with Crippen molar-refractivity contribution in [1.29, 1.82) is 0 Å². The summed E-state index contributed by atoms with van der Waals surface area (Å²) in [6, 6.07) is 0. The van der Waals surface area contributed by atoms with E-state index in [1.165, 1.54) is 116 Å². The van der Waals surface area contributed by atoms with Gasteiger partial charge < -0.3 is 10.2 Å². The zero-order valence-corrected chi connectivity index (χ0v) is 18.8. The lowest BCUT2D eigenvalue weighted by atomic mass is 10.1. The highest BCUT2D eigenvalue weighted by atomic mass is 16.5. The van der Waals surface area contributed by atoms with E-state index in [1.54, 1.807) is 0 Å². The molecule has 0 aromatic carbocycles. The fourth-order valence-corrected chi connectivity index (χ4v) is 3.82. The van der Waals surface area contributed by atoms with Crippen LogP contribution in [0.5, 0.6) is 0 Å². The molecule has 0 saturated heterocycles. The monoisotopic (exact) mass is 385 g/mol. The highest BCUT2D eigenvalue weighted by molar-refractivity contribution is 4.60. The van der Waals surface area contributed by atoms with Crippen LogP contribution < -0.4 is 0 Å². The Morgan fingerprint density at radius 1 is 0.481 bits per heavy atom. The van der Waals surface area contributed by atoms with E-state index in [0.29, 0.717) is 6.54 Å². The van der Waals surface area contributed by atoms with Gasteiger partial charge in [0.05, 0.1) is 0 Å². The van der Waals surface area contributed by atoms with Gasteiger partial charge in [-0.25, -0.2) is 0 Å². The Morgan fingerprint density at radius 2 is 0.778 bits per heavy atom. The first kappa shape index (κ1) is 26.9. The predicted molar refractivity (Wildman–Crippen MR) is 119 cm³/mol. The standard InChI is InChI=1S/C24H51NO2/c1-3-5-7-9-11-13-15-17-19-21-25(23-24(26)27)22-20-18-16-14-12-10-8-6-4-2/h24,26-27H,3-23H2,1-2H3. The Hall–Kier alpha value is -0.120. The molecule has 0 rings (SSSR count). The molecule has 0 amide bonds. The average molecular weight is 386 g/mol. The van der Waals surface area contributed by atoms with Crippen LogP contribution in [0.4, 0.5) is 0 Å². The smallest absolute Gasteiger partial charge is 0.164 e. The lowest BCUT2D eigenvalue weighted by Gasteiger charge is -2.23. The number of rotatable bonds is 22. The van der Waals surface area contributed by atoms with Crippen LogP contribution in [0.1, 0.15) is 129 Å². The second-order valence-electron chi connectivity index (χ2n) is 8.44. The number of aliphatic hydroxyl groups excluding tert-OH is 1. The fraction of sp³-hybridized carbons (Fsp3) is 1.00. The van der Waals surface area contributed by atoms with Gasteiger partial charge in [-0.15, -0.1) is 0 Å². The van der Waals surface area contributed by atoms with Gasteiger partial charge in [0.25, 0.3) is 0 Å². The van der Waals surface area contributed by atoms with Gasteiger partial charge >= 0.3 is 0 Å². The largest absolute Gasteiger partial charge is 0.367 e. The predicted octanol–water partition coefficient (Wildman–Crippen LogP) is 6.66. The summed E-state index contributed by atoms with van der Waals surface area (Å²) in [4.78, 5) is 2.26. The molecule has 0 aliphatic carbocycles. The van der Waals surface area contributed by atoms with Gasteiger partial charge in [0.15, 0.2) is 6.29 Å². The average Bonchev–Trinajstić information content (AvgIpc) is 2.64. The van der Waals surface area contributed by atoms with Crippen LogP contribution in [-0.2, 0) is 0 Å². The lowest BCUT2D eigenvalue weighted by molar-refractivity contribution is -0.0616. The topological polar surface area (TPSA) is 43.7 Å². The van der Waals surface area contributed by atoms with E-state index in [0.717, 1.165) is 13.1 Å². The van der Waals surface area contributed by atoms with Crippen LogP contribution in [0, 0.1) is 0 Å². The Balaban J connectivity index is 3.56. The molecular weight excluding hydrogens is 334 g/mol. The maximum atomic E-state index is 9.32. The third kappa shape index (κ3) is 22.0. The molecule has 0 fully saturated rings. The van der Waals surface area contributed by atoms with Crippen LogP contribution in [-0.4, -0.2) is 41.0 Å². The van der Waals surface area contributed by atoms with Crippen molar-refractivity contribution >= 4 is 0 Å². The van der Waals surface area contributed by atoms with Crippen molar-refractivity contribution in [2.45, 2.75) is 136 Å². The zero-order valence-electron chi connectivity index (χ0n) is 18.8. The van der Waals surface area contributed by atoms with Gasteiger partial charge in [-0.3, -0.25) is 4.90 Å². The molecule has 3 nitrogen and oxygen atoms in total. The normalized spacial score (nSPS) is 11.8. The van der Waals surface area contributed by atoms with Crippen LogP contribution in [0.15, 0.2) is 0 Å². The minimum absolute atomic E-state index is 0.411. The maximum Gasteiger partial charge on any atom is 0.164 e. The molecule has 0 aliphatic heterocycles. The van der Waals surface area contributed by atoms with Crippen LogP contribution in [0.2, 0.25) is 0 Å². The third-order valence-corrected chi connectivity index (χ3v) is 5.58. The molecule has 0 saturated carbocycles. The molecule has 3 heteroatoms. The Bertz CT molecular complexity index is 249. The maximum absolute atomic E-state index is 9.32. The number of hydrogen-bond donors (Lipinski definition) is 2. The van der Waals surface area contributed by atoms with E-state index >= 15 is 0 Å². The third-order valence-electron chi connectivity index (χ3n) is 5.58. The van der Waals surface area contributed by atoms with Crippen LogP contribution in [0.25, 0.3) is 0 Å². The van der Waals surface area contributed by atoms with Crippen molar-refractivity contribution in [1.82, 2.24) is 4.90 Å². The first-order chi connectivity index (χ1) is 13.2. The van der Waals surface area contributed by atoms with Crippen molar-refractivity contribution in [3.63, 3.8) is 0 Å². The van der Waals surface area contributed by atoms with E-state index in [1.807, 2.05) is 0 Å². The van der Waals surface area contributed by atoms with Gasteiger partial charge in [-0.2, -0.15) is 0 Å². The van der Waals surface area contributed by atoms with Gasteiger partial charge in [-0.05, 0) is 25.9 Å². The van der Waals surface area contributed by atoms with Crippen molar-refractivity contribution in [3.05, 3.63) is 0 Å². The van der Waals surface area contributed by atoms with Crippen LogP contribution in [0.3, 0.4) is 0 Å². The molecule has 0 aromatic rings. The minimum atomic E-state index is -1.19. The van der Waals surface area contributed by atoms with E-state index in [2.05, 4.69) is 18.7 Å². The molecule has 27 heavy (non-hydrogen) atoms. The minimum Gasteiger partial charge on any atom is -0.367 e. The molecule has 0 radical (unpaired) electrons. The van der Waals surface area contributed by atoms with Crippen LogP contribution >= 0.6 is 0 Å². The molecule has 0 spiro atoms. The molecule has 164 valence electrons. The van der Waals surface area contributed by atoms with Gasteiger partial charge in [-0.1, -0.05) is 117 Å².